The minimum Gasteiger partial charge on any atom is -0.411 e. The Morgan fingerprint density at radius 2 is 1.83 bits per heavy atom. The maximum atomic E-state index is 12.4. The van der Waals surface area contributed by atoms with Crippen LogP contribution >= 0.6 is 11.8 Å². The van der Waals surface area contributed by atoms with Crippen molar-refractivity contribution in [3.63, 3.8) is 0 Å². The van der Waals surface area contributed by atoms with Gasteiger partial charge in [-0.3, -0.25) is 4.79 Å². The van der Waals surface area contributed by atoms with Crippen LogP contribution in [0.3, 0.4) is 0 Å². The van der Waals surface area contributed by atoms with E-state index in [0.29, 0.717) is 16.9 Å². The zero-order valence-corrected chi connectivity index (χ0v) is 16.8. The lowest BCUT2D eigenvalue weighted by Crippen LogP contribution is -2.16. The summed E-state index contributed by atoms with van der Waals surface area (Å²) in [4.78, 5) is 12.4. The Kier molecular flexibility index (Phi) is 5.44. The summed E-state index contributed by atoms with van der Waals surface area (Å²) in [5.74, 6) is 1.03. The molecular formula is C21H19N5O2S. The first kappa shape index (κ1) is 18.9. The first-order chi connectivity index (χ1) is 14.1. The Hall–Kier alpha value is -3.39. The van der Waals surface area contributed by atoms with Gasteiger partial charge in [-0.05, 0) is 37.6 Å². The Balaban J connectivity index is 1.41. The Morgan fingerprint density at radius 1 is 1.07 bits per heavy atom. The highest BCUT2D eigenvalue weighted by atomic mass is 32.2. The fourth-order valence-corrected chi connectivity index (χ4v) is 3.41. The molecule has 2 aromatic heterocycles. The largest absolute Gasteiger partial charge is 0.411 e. The molecule has 1 amide bonds. The summed E-state index contributed by atoms with van der Waals surface area (Å²) >= 11 is 1.20. The zero-order chi connectivity index (χ0) is 20.2. The number of carbonyl (C=O) groups excluding carboxylic acids is 1. The molecule has 29 heavy (non-hydrogen) atoms. The first-order valence-corrected chi connectivity index (χ1v) is 10.0. The van der Waals surface area contributed by atoms with Crippen molar-refractivity contribution in [2.24, 2.45) is 0 Å². The Labute approximate surface area is 172 Å². The van der Waals surface area contributed by atoms with Crippen LogP contribution in [0, 0.1) is 13.8 Å². The second-order valence-corrected chi connectivity index (χ2v) is 7.37. The molecule has 1 N–H and O–H groups in total. The lowest BCUT2D eigenvalue weighted by Gasteiger charge is -2.08. The number of nitrogens with zero attached hydrogens (tertiary/aromatic N) is 4. The molecule has 4 aromatic rings. The fourth-order valence-electron chi connectivity index (χ4n) is 2.85. The molecule has 0 aliphatic carbocycles. The number of thioether (sulfide) groups is 1. The molecule has 2 heterocycles. The standard InChI is InChI=1S/C21H19N5O2S/c1-14-8-6-7-11-17(14)20-23-24-21(28-20)29-13-19(27)22-18-12-15(2)25-26(18)16-9-4-3-5-10-16/h3-12H,13H2,1-2H3,(H,22,27). The molecule has 0 bridgehead atoms. The van der Waals surface area contributed by atoms with Gasteiger partial charge in [-0.1, -0.05) is 48.2 Å². The van der Waals surface area contributed by atoms with Crippen LogP contribution in [0.5, 0.6) is 0 Å². The summed E-state index contributed by atoms with van der Waals surface area (Å²) in [5, 5.41) is 15.8. The average molecular weight is 405 g/mol. The van der Waals surface area contributed by atoms with Crippen LogP contribution in [-0.2, 0) is 4.79 Å². The van der Waals surface area contributed by atoms with Gasteiger partial charge in [0.05, 0.1) is 17.1 Å². The molecular weight excluding hydrogens is 386 g/mol. The van der Waals surface area contributed by atoms with Crippen LogP contribution in [-0.4, -0.2) is 31.6 Å². The number of nitrogens with one attached hydrogen (secondary N) is 1. The third-order valence-electron chi connectivity index (χ3n) is 4.21. The van der Waals surface area contributed by atoms with Crippen molar-refractivity contribution in [2.45, 2.75) is 19.1 Å². The van der Waals surface area contributed by atoms with Gasteiger partial charge >= 0.3 is 0 Å². The summed E-state index contributed by atoms with van der Waals surface area (Å²) in [6.07, 6.45) is 0. The smallest absolute Gasteiger partial charge is 0.277 e. The molecule has 2 aromatic carbocycles. The van der Waals surface area contributed by atoms with E-state index in [1.54, 1.807) is 4.68 Å². The number of carbonyl (C=O) groups is 1. The number of amides is 1. The third-order valence-corrected chi connectivity index (χ3v) is 5.03. The van der Waals surface area contributed by atoms with E-state index in [1.165, 1.54) is 11.8 Å². The van der Waals surface area contributed by atoms with E-state index in [-0.39, 0.29) is 11.7 Å². The van der Waals surface area contributed by atoms with Gasteiger partial charge in [0.15, 0.2) is 0 Å². The van der Waals surface area contributed by atoms with E-state index >= 15 is 0 Å². The second-order valence-electron chi connectivity index (χ2n) is 6.44. The molecule has 0 unspecified atom stereocenters. The predicted molar refractivity (Wildman–Crippen MR) is 112 cm³/mol. The van der Waals surface area contributed by atoms with E-state index in [1.807, 2.05) is 74.5 Å². The number of aromatic nitrogens is 4. The Bertz CT molecular complexity index is 1140. The van der Waals surface area contributed by atoms with Gasteiger partial charge in [0.1, 0.15) is 5.82 Å². The fraction of sp³-hybridized carbons (Fsp3) is 0.143. The molecule has 4 rings (SSSR count). The van der Waals surface area contributed by atoms with Gasteiger partial charge < -0.3 is 9.73 Å². The minimum absolute atomic E-state index is 0.147. The summed E-state index contributed by atoms with van der Waals surface area (Å²) in [5.41, 5.74) is 3.63. The van der Waals surface area contributed by atoms with E-state index in [2.05, 4.69) is 20.6 Å². The molecule has 7 nitrogen and oxygen atoms in total. The number of para-hydroxylation sites is 1. The number of rotatable bonds is 6. The van der Waals surface area contributed by atoms with Crippen LogP contribution in [0.4, 0.5) is 5.82 Å². The van der Waals surface area contributed by atoms with E-state index in [0.717, 1.165) is 22.5 Å². The minimum atomic E-state index is -0.178. The number of benzene rings is 2. The van der Waals surface area contributed by atoms with Crippen LogP contribution in [0.1, 0.15) is 11.3 Å². The van der Waals surface area contributed by atoms with Crippen molar-refractivity contribution >= 4 is 23.5 Å². The molecule has 0 aliphatic heterocycles. The van der Waals surface area contributed by atoms with Gasteiger partial charge in [0.25, 0.3) is 5.22 Å². The van der Waals surface area contributed by atoms with Gasteiger partial charge in [0, 0.05) is 11.6 Å². The average Bonchev–Trinajstić information content (AvgIpc) is 3.34. The highest BCUT2D eigenvalue weighted by Gasteiger charge is 2.14. The lowest BCUT2D eigenvalue weighted by molar-refractivity contribution is -0.113. The lowest BCUT2D eigenvalue weighted by atomic mass is 10.1. The second kappa shape index (κ2) is 8.32. The number of aryl methyl sites for hydroxylation is 2. The van der Waals surface area contributed by atoms with Crippen molar-refractivity contribution in [3.8, 4) is 17.1 Å². The molecule has 8 heteroatoms. The molecule has 0 atom stereocenters. The van der Waals surface area contributed by atoms with Crippen molar-refractivity contribution in [1.29, 1.82) is 0 Å². The first-order valence-electron chi connectivity index (χ1n) is 9.04. The zero-order valence-electron chi connectivity index (χ0n) is 16.0. The van der Waals surface area contributed by atoms with Crippen LogP contribution in [0.15, 0.2) is 70.3 Å². The molecule has 0 aliphatic rings. The summed E-state index contributed by atoms with van der Waals surface area (Å²) in [6.45, 7) is 3.87. The summed E-state index contributed by atoms with van der Waals surface area (Å²) in [7, 11) is 0. The molecule has 0 radical (unpaired) electrons. The number of hydrogen-bond acceptors (Lipinski definition) is 6. The molecule has 146 valence electrons. The van der Waals surface area contributed by atoms with Gasteiger partial charge in [-0.25, -0.2) is 4.68 Å². The predicted octanol–water partition coefficient (Wildman–Crippen LogP) is 4.27. The highest BCUT2D eigenvalue weighted by molar-refractivity contribution is 7.99. The molecule has 0 spiro atoms. The maximum Gasteiger partial charge on any atom is 0.277 e. The molecule has 0 saturated carbocycles. The van der Waals surface area contributed by atoms with Crippen LogP contribution in [0.2, 0.25) is 0 Å². The quantitative estimate of drug-likeness (QED) is 0.482. The number of anilines is 1. The maximum absolute atomic E-state index is 12.4. The van der Waals surface area contributed by atoms with Crippen molar-refractivity contribution in [1.82, 2.24) is 20.0 Å². The van der Waals surface area contributed by atoms with Crippen molar-refractivity contribution in [2.75, 3.05) is 11.1 Å². The highest BCUT2D eigenvalue weighted by Crippen LogP contribution is 2.25. The number of hydrogen-bond donors (Lipinski definition) is 1. The van der Waals surface area contributed by atoms with Crippen LogP contribution in [0.25, 0.3) is 17.1 Å². The molecule has 0 fully saturated rings. The molecule has 0 saturated heterocycles. The Morgan fingerprint density at radius 3 is 2.62 bits per heavy atom. The SMILES string of the molecule is Cc1cc(NC(=O)CSc2nnc(-c3ccccc3C)o2)n(-c2ccccc2)n1. The van der Waals surface area contributed by atoms with E-state index in [9.17, 15) is 4.79 Å². The van der Waals surface area contributed by atoms with E-state index < -0.39 is 0 Å². The van der Waals surface area contributed by atoms with Crippen molar-refractivity contribution in [3.05, 3.63) is 71.9 Å². The van der Waals surface area contributed by atoms with Gasteiger partial charge in [-0.15, -0.1) is 10.2 Å². The normalized spacial score (nSPS) is 10.8. The van der Waals surface area contributed by atoms with E-state index in [4.69, 9.17) is 4.42 Å². The monoisotopic (exact) mass is 405 g/mol. The van der Waals surface area contributed by atoms with Crippen LogP contribution < -0.4 is 5.32 Å². The van der Waals surface area contributed by atoms with Gasteiger partial charge in [0.2, 0.25) is 11.8 Å². The summed E-state index contributed by atoms with van der Waals surface area (Å²) in [6, 6.07) is 19.3. The topological polar surface area (TPSA) is 85.8 Å². The third kappa shape index (κ3) is 4.38. The summed E-state index contributed by atoms with van der Waals surface area (Å²) < 4.78 is 7.40. The van der Waals surface area contributed by atoms with Crippen molar-refractivity contribution < 1.29 is 9.21 Å². The van der Waals surface area contributed by atoms with Gasteiger partial charge in [-0.2, -0.15) is 5.10 Å².